The van der Waals surface area contributed by atoms with E-state index in [1.54, 1.807) is 36.4 Å². The number of benzene rings is 4. The van der Waals surface area contributed by atoms with Crippen molar-refractivity contribution in [3.63, 3.8) is 0 Å². The van der Waals surface area contributed by atoms with E-state index in [1.165, 1.54) is 23.1 Å². The van der Waals surface area contributed by atoms with Crippen molar-refractivity contribution in [3.8, 4) is 0 Å². The lowest BCUT2D eigenvalue weighted by Gasteiger charge is -2.34. The highest BCUT2D eigenvalue weighted by Gasteiger charge is 2.35. The third kappa shape index (κ3) is 8.71. The molecule has 4 aromatic carbocycles. The van der Waals surface area contributed by atoms with Crippen LogP contribution in [-0.4, -0.2) is 43.8 Å². The van der Waals surface area contributed by atoms with Crippen LogP contribution in [0.1, 0.15) is 31.4 Å². The Labute approximate surface area is 273 Å². The highest BCUT2D eigenvalue weighted by Crippen LogP contribution is 2.27. The summed E-state index contributed by atoms with van der Waals surface area (Å²) in [4.78, 5) is 29.8. The molecule has 0 unspecified atom stereocenters. The molecule has 0 saturated carbocycles. The Balaban J connectivity index is 1.80. The Morgan fingerprint density at radius 1 is 0.864 bits per heavy atom. The number of carbonyl (C=O) groups excluding carboxylic acids is 2. The molecule has 10 heteroatoms. The number of sulfonamides is 1. The molecular formula is C34H35BrClN3O4S. The zero-order valence-corrected chi connectivity index (χ0v) is 27.7. The van der Waals surface area contributed by atoms with Gasteiger partial charge in [-0.1, -0.05) is 101 Å². The van der Waals surface area contributed by atoms with Gasteiger partial charge in [-0.05, 0) is 66.9 Å². The van der Waals surface area contributed by atoms with Gasteiger partial charge in [-0.25, -0.2) is 8.42 Å². The van der Waals surface area contributed by atoms with Crippen LogP contribution in [0.25, 0.3) is 0 Å². The number of anilines is 1. The molecule has 0 heterocycles. The van der Waals surface area contributed by atoms with Crippen molar-refractivity contribution in [1.29, 1.82) is 0 Å². The first-order valence-electron chi connectivity index (χ1n) is 14.3. The number of carbonyl (C=O) groups is 2. The number of nitrogens with one attached hydrogen (secondary N) is 1. The van der Waals surface area contributed by atoms with Crippen LogP contribution in [0.15, 0.2) is 119 Å². The Kier molecular flexibility index (Phi) is 11.6. The minimum Gasteiger partial charge on any atom is -0.352 e. The van der Waals surface area contributed by atoms with Gasteiger partial charge in [0.25, 0.3) is 10.0 Å². The largest absolute Gasteiger partial charge is 0.352 e. The molecule has 0 radical (unpaired) electrons. The van der Waals surface area contributed by atoms with E-state index < -0.39 is 28.5 Å². The molecule has 0 spiro atoms. The fraction of sp³-hybridized carbons (Fsp3) is 0.235. The predicted molar refractivity (Wildman–Crippen MR) is 179 cm³/mol. The van der Waals surface area contributed by atoms with Gasteiger partial charge >= 0.3 is 0 Å². The lowest BCUT2D eigenvalue weighted by atomic mass is 10.0. The molecule has 44 heavy (non-hydrogen) atoms. The average Bonchev–Trinajstić information content (AvgIpc) is 3.02. The first-order chi connectivity index (χ1) is 21.1. The molecule has 1 N–H and O–H groups in total. The lowest BCUT2D eigenvalue weighted by Crippen LogP contribution is -2.54. The second-order valence-electron chi connectivity index (χ2n) is 10.5. The molecule has 4 rings (SSSR count). The maximum absolute atomic E-state index is 14.5. The van der Waals surface area contributed by atoms with E-state index in [2.05, 4.69) is 21.2 Å². The van der Waals surface area contributed by atoms with Gasteiger partial charge in [0.15, 0.2) is 0 Å². The van der Waals surface area contributed by atoms with E-state index in [-0.39, 0.29) is 35.5 Å². The van der Waals surface area contributed by atoms with Crippen LogP contribution in [0.3, 0.4) is 0 Å². The summed E-state index contributed by atoms with van der Waals surface area (Å²) < 4.78 is 29.9. The van der Waals surface area contributed by atoms with Crippen LogP contribution in [0, 0.1) is 0 Å². The number of nitrogens with zero attached hydrogens (tertiary/aromatic N) is 2. The Hall–Kier alpha value is -3.66. The minimum atomic E-state index is -4.19. The Morgan fingerprint density at radius 2 is 1.50 bits per heavy atom. The molecule has 4 aromatic rings. The van der Waals surface area contributed by atoms with E-state index in [9.17, 15) is 18.0 Å². The number of hydrogen-bond donors (Lipinski definition) is 1. The van der Waals surface area contributed by atoms with Crippen molar-refractivity contribution in [2.24, 2.45) is 0 Å². The van der Waals surface area contributed by atoms with Crippen molar-refractivity contribution in [1.82, 2.24) is 10.2 Å². The van der Waals surface area contributed by atoms with Gasteiger partial charge in [-0.15, -0.1) is 0 Å². The summed E-state index contributed by atoms with van der Waals surface area (Å²) in [6.07, 6.45) is 0.951. The van der Waals surface area contributed by atoms with Gasteiger partial charge in [-0.3, -0.25) is 13.9 Å². The first-order valence-corrected chi connectivity index (χ1v) is 16.9. The zero-order chi connectivity index (χ0) is 31.7. The fourth-order valence-electron chi connectivity index (χ4n) is 4.71. The van der Waals surface area contributed by atoms with Crippen LogP contribution in [0.2, 0.25) is 5.02 Å². The molecule has 0 fully saturated rings. The second kappa shape index (κ2) is 15.4. The maximum Gasteiger partial charge on any atom is 0.264 e. The monoisotopic (exact) mass is 695 g/mol. The van der Waals surface area contributed by atoms with Crippen molar-refractivity contribution in [2.75, 3.05) is 10.8 Å². The Morgan fingerprint density at radius 3 is 2.14 bits per heavy atom. The molecule has 0 aliphatic heterocycles. The zero-order valence-electron chi connectivity index (χ0n) is 24.6. The summed E-state index contributed by atoms with van der Waals surface area (Å²) >= 11 is 9.77. The normalized spacial score (nSPS) is 12.6. The van der Waals surface area contributed by atoms with E-state index in [0.717, 1.165) is 19.9 Å². The molecule has 0 bridgehead atoms. The predicted octanol–water partition coefficient (Wildman–Crippen LogP) is 6.85. The van der Waals surface area contributed by atoms with Gasteiger partial charge in [-0.2, -0.15) is 0 Å². The summed E-state index contributed by atoms with van der Waals surface area (Å²) in [5.74, 6) is -0.850. The van der Waals surface area contributed by atoms with E-state index in [0.29, 0.717) is 11.4 Å². The lowest BCUT2D eigenvalue weighted by molar-refractivity contribution is -0.140. The van der Waals surface area contributed by atoms with E-state index in [1.807, 2.05) is 68.4 Å². The van der Waals surface area contributed by atoms with Crippen molar-refractivity contribution < 1.29 is 18.0 Å². The van der Waals surface area contributed by atoms with Crippen molar-refractivity contribution >= 4 is 55.1 Å². The van der Waals surface area contributed by atoms with Crippen LogP contribution >= 0.6 is 27.5 Å². The standard InChI is InChI=1S/C34H35BrClN3O4S/c1-3-25(2)37-34(41)32(21-26-12-6-4-7-13-26)38(23-27-14-10-15-28(35)20-27)33(40)24-39(30-17-11-16-29(36)22-30)44(42,43)31-18-8-5-9-19-31/h4-20,22,25,32H,3,21,23-24H2,1-2H3,(H,37,41)/t25-,32-/m0/s1. The highest BCUT2D eigenvalue weighted by atomic mass is 79.9. The molecule has 2 atom stereocenters. The van der Waals surface area contributed by atoms with Crippen LogP contribution in [0.5, 0.6) is 0 Å². The summed E-state index contributed by atoms with van der Waals surface area (Å²) in [6, 6.07) is 30.2. The SMILES string of the molecule is CC[C@H](C)NC(=O)[C@H](Cc1ccccc1)N(Cc1cccc(Br)c1)C(=O)CN(c1cccc(Cl)c1)S(=O)(=O)c1ccccc1. The number of halogens is 2. The van der Waals surface area contributed by atoms with Crippen LogP contribution < -0.4 is 9.62 Å². The number of rotatable bonds is 13. The van der Waals surface area contributed by atoms with Gasteiger partial charge in [0.1, 0.15) is 12.6 Å². The summed E-state index contributed by atoms with van der Waals surface area (Å²) in [5, 5.41) is 3.36. The quantitative estimate of drug-likeness (QED) is 0.166. The van der Waals surface area contributed by atoms with Gasteiger partial charge < -0.3 is 10.2 Å². The molecule has 230 valence electrons. The summed E-state index contributed by atoms with van der Waals surface area (Å²) in [5.41, 5.74) is 1.88. The molecule has 2 amide bonds. The molecule has 0 aliphatic rings. The third-order valence-corrected chi connectivity index (χ3v) is 9.74. The molecule has 7 nitrogen and oxygen atoms in total. The smallest absolute Gasteiger partial charge is 0.264 e. The van der Waals surface area contributed by atoms with Crippen molar-refractivity contribution in [3.05, 3.63) is 130 Å². The van der Waals surface area contributed by atoms with E-state index >= 15 is 0 Å². The fourth-order valence-corrected chi connectivity index (χ4v) is 6.76. The summed E-state index contributed by atoms with van der Waals surface area (Å²) in [6.45, 7) is 3.41. The maximum atomic E-state index is 14.5. The van der Waals surface area contributed by atoms with Crippen molar-refractivity contribution in [2.45, 2.75) is 50.2 Å². The van der Waals surface area contributed by atoms with Gasteiger partial charge in [0.2, 0.25) is 11.8 Å². The van der Waals surface area contributed by atoms with Gasteiger partial charge in [0.05, 0.1) is 10.6 Å². The molecule has 0 aromatic heterocycles. The average molecular weight is 697 g/mol. The highest BCUT2D eigenvalue weighted by molar-refractivity contribution is 9.10. The van der Waals surface area contributed by atoms with Crippen LogP contribution in [-0.2, 0) is 32.6 Å². The van der Waals surface area contributed by atoms with E-state index in [4.69, 9.17) is 11.6 Å². The second-order valence-corrected chi connectivity index (χ2v) is 13.7. The molecule has 0 aliphatic carbocycles. The topological polar surface area (TPSA) is 86.8 Å². The first kappa shape index (κ1) is 33.2. The third-order valence-electron chi connectivity index (χ3n) is 7.22. The summed E-state index contributed by atoms with van der Waals surface area (Å²) in [7, 11) is -4.19. The molecule has 0 saturated heterocycles. The van der Waals surface area contributed by atoms with Crippen LogP contribution in [0.4, 0.5) is 5.69 Å². The number of amides is 2. The molecular weight excluding hydrogens is 662 g/mol. The Bertz CT molecular complexity index is 1670. The van der Waals surface area contributed by atoms with Gasteiger partial charge in [0, 0.05) is 28.5 Å². The number of hydrogen-bond acceptors (Lipinski definition) is 4. The minimum absolute atomic E-state index is 0.0293.